The minimum absolute atomic E-state index is 0.625. The molecular formula is C10H19NO9. The molecular weight excluding hydrogens is 278 g/mol. The van der Waals surface area contributed by atoms with E-state index in [4.69, 9.17) is 21.1 Å². The largest absolute Gasteiger partial charge is 0.480 e. The van der Waals surface area contributed by atoms with Crippen LogP contribution in [0.4, 0.5) is 0 Å². The zero-order valence-corrected chi connectivity index (χ0v) is 10.5. The van der Waals surface area contributed by atoms with Crippen molar-refractivity contribution in [3.05, 3.63) is 0 Å². The summed E-state index contributed by atoms with van der Waals surface area (Å²) in [5.74, 6) is -2.41. The van der Waals surface area contributed by atoms with Crippen LogP contribution in [0.2, 0.25) is 0 Å². The first kappa shape index (κ1) is 18.7. The molecule has 0 rings (SSSR count). The third kappa shape index (κ3) is 6.23. The molecule has 0 aromatic carbocycles. The van der Waals surface area contributed by atoms with Gasteiger partial charge < -0.3 is 41.1 Å². The molecule has 118 valence electrons. The van der Waals surface area contributed by atoms with Gasteiger partial charge in [0, 0.05) is 0 Å². The molecule has 10 nitrogen and oxygen atoms in total. The van der Waals surface area contributed by atoms with Crippen molar-refractivity contribution in [2.45, 2.75) is 36.9 Å². The summed E-state index contributed by atoms with van der Waals surface area (Å²) in [4.78, 5) is 21.5. The number of carbonyl (C=O) groups excluding carboxylic acids is 1. The second kappa shape index (κ2) is 8.79. The number of nitrogens with two attached hydrogens (primary N) is 1. The summed E-state index contributed by atoms with van der Waals surface area (Å²) in [6.45, 7) is -1.57. The summed E-state index contributed by atoms with van der Waals surface area (Å²) >= 11 is 0. The fraction of sp³-hybridized carbons (Fsp3) is 0.800. The van der Waals surface area contributed by atoms with Gasteiger partial charge in [-0.3, -0.25) is 9.59 Å². The number of carboxylic acid groups (broad SMARTS) is 1. The molecule has 10 heteroatoms. The third-order valence-corrected chi connectivity index (χ3v) is 2.44. The van der Waals surface area contributed by atoms with Gasteiger partial charge in [0.25, 0.3) is 0 Å². The highest BCUT2D eigenvalue weighted by molar-refractivity contribution is 5.81. The maximum atomic E-state index is 11.1. The van der Waals surface area contributed by atoms with Gasteiger partial charge in [-0.2, -0.15) is 0 Å². The van der Waals surface area contributed by atoms with Crippen LogP contribution in [0.3, 0.4) is 0 Å². The molecule has 0 saturated carbocycles. The molecule has 5 atom stereocenters. The van der Waals surface area contributed by atoms with Crippen LogP contribution in [0.25, 0.3) is 0 Å². The first-order chi connectivity index (χ1) is 9.20. The fourth-order valence-corrected chi connectivity index (χ4v) is 1.17. The Bertz CT molecular complexity index is 324. The zero-order valence-electron chi connectivity index (χ0n) is 10.5. The predicted octanol–water partition coefficient (Wildman–Crippen LogP) is -4.23. The van der Waals surface area contributed by atoms with Gasteiger partial charge in [-0.1, -0.05) is 0 Å². The van der Waals surface area contributed by atoms with Crippen molar-refractivity contribution in [1.29, 1.82) is 0 Å². The van der Waals surface area contributed by atoms with Crippen LogP contribution in [0.1, 0.15) is 6.42 Å². The zero-order chi connectivity index (χ0) is 15.9. The van der Waals surface area contributed by atoms with Crippen LogP contribution in [0, 0.1) is 0 Å². The number of aliphatic hydroxyl groups excluding tert-OH is 5. The summed E-state index contributed by atoms with van der Waals surface area (Å²) in [6.07, 6.45) is -7.72. The van der Waals surface area contributed by atoms with Crippen molar-refractivity contribution in [2.75, 3.05) is 13.2 Å². The van der Waals surface area contributed by atoms with Gasteiger partial charge in [0.2, 0.25) is 0 Å². The molecule has 20 heavy (non-hydrogen) atoms. The first-order valence-corrected chi connectivity index (χ1v) is 5.67. The van der Waals surface area contributed by atoms with Crippen molar-refractivity contribution >= 4 is 11.9 Å². The predicted molar refractivity (Wildman–Crippen MR) is 62.3 cm³/mol. The molecule has 0 saturated heterocycles. The van der Waals surface area contributed by atoms with Gasteiger partial charge in [-0.25, -0.2) is 0 Å². The van der Waals surface area contributed by atoms with Crippen molar-refractivity contribution in [3.63, 3.8) is 0 Å². The number of hydrogen-bond acceptors (Lipinski definition) is 9. The molecule has 0 aliphatic heterocycles. The molecule has 0 aliphatic carbocycles. The lowest BCUT2D eigenvalue weighted by atomic mass is 10.0. The molecule has 0 bridgehead atoms. The van der Waals surface area contributed by atoms with E-state index in [1.54, 1.807) is 0 Å². The van der Waals surface area contributed by atoms with E-state index >= 15 is 0 Å². The normalized spacial score (nSPS) is 18.7. The van der Waals surface area contributed by atoms with E-state index in [9.17, 15) is 24.9 Å². The summed E-state index contributed by atoms with van der Waals surface area (Å²) in [5.41, 5.74) is 5.08. The highest BCUT2D eigenvalue weighted by Crippen LogP contribution is 2.06. The number of carbonyl (C=O) groups is 2. The second-order valence-corrected chi connectivity index (χ2v) is 4.13. The van der Waals surface area contributed by atoms with Crippen LogP contribution in [0.5, 0.6) is 0 Å². The molecule has 8 N–H and O–H groups in total. The average molecular weight is 297 g/mol. The Hall–Kier alpha value is -1.30. The Morgan fingerprint density at radius 3 is 2.00 bits per heavy atom. The molecule has 0 aromatic rings. The minimum atomic E-state index is -1.86. The van der Waals surface area contributed by atoms with Crippen LogP contribution in [-0.2, 0) is 14.3 Å². The topological polar surface area (TPSA) is 191 Å². The fourth-order valence-electron chi connectivity index (χ4n) is 1.17. The maximum absolute atomic E-state index is 11.1. The standard InChI is InChI=1S/C10H19NO9/c11-4(10(18)19)1-7(15)20-3-6(14)9(17)8(16)5(13)2-12/h4-6,8-9,12-14,16-17H,1-3,11H2,(H,18,19)/t4-,5+,6+,8+,9+/m0/s1. The van der Waals surface area contributed by atoms with E-state index in [0.29, 0.717) is 0 Å². The molecule has 0 heterocycles. The molecule has 0 spiro atoms. The highest BCUT2D eigenvalue weighted by Gasteiger charge is 2.31. The molecule has 0 radical (unpaired) electrons. The van der Waals surface area contributed by atoms with E-state index in [-0.39, 0.29) is 0 Å². The van der Waals surface area contributed by atoms with E-state index in [1.807, 2.05) is 0 Å². The Kier molecular flexibility index (Phi) is 8.22. The van der Waals surface area contributed by atoms with Gasteiger partial charge in [-0.05, 0) is 0 Å². The Labute approximate surface area is 114 Å². The summed E-state index contributed by atoms with van der Waals surface area (Å²) in [6, 6.07) is -1.45. The Morgan fingerprint density at radius 1 is 1.05 bits per heavy atom. The van der Waals surface area contributed by atoms with Crippen molar-refractivity contribution < 1.29 is 45.0 Å². The van der Waals surface area contributed by atoms with Gasteiger partial charge in [-0.15, -0.1) is 0 Å². The number of rotatable bonds is 9. The lowest BCUT2D eigenvalue weighted by Gasteiger charge is -2.25. The minimum Gasteiger partial charge on any atom is -0.480 e. The van der Waals surface area contributed by atoms with Gasteiger partial charge in [0.15, 0.2) is 0 Å². The monoisotopic (exact) mass is 297 g/mol. The number of aliphatic hydroxyl groups is 5. The van der Waals surface area contributed by atoms with Crippen LogP contribution >= 0.6 is 0 Å². The molecule has 0 amide bonds. The van der Waals surface area contributed by atoms with Gasteiger partial charge in [0.1, 0.15) is 37.1 Å². The summed E-state index contributed by atoms with van der Waals surface area (Å²) in [5, 5.41) is 54.1. The van der Waals surface area contributed by atoms with Crippen molar-refractivity contribution in [1.82, 2.24) is 0 Å². The first-order valence-electron chi connectivity index (χ1n) is 5.67. The Balaban J connectivity index is 4.18. The van der Waals surface area contributed by atoms with E-state index < -0.39 is 62.0 Å². The lowest BCUT2D eigenvalue weighted by Crippen LogP contribution is -2.47. The smallest absolute Gasteiger partial charge is 0.321 e. The number of esters is 1. The molecule has 0 unspecified atom stereocenters. The van der Waals surface area contributed by atoms with E-state index in [1.165, 1.54) is 0 Å². The SMILES string of the molecule is N[C@@H](CC(=O)OC[C@@H](O)[C@@H](O)[C@H](O)[C@H](O)CO)C(=O)O. The summed E-state index contributed by atoms with van der Waals surface area (Å²) < 4.78 is 4.46. The van der Waals surface area contributed by atoms with Crippen LogP contribution < -0.4 is 5.73 Å². The number of carboxylic acids is 1. The van der Waals surface area contributed by atoms with Crippen LogP contribution in [-0.4, -0.2) is 86.2 Å². The molecule has 0 aliphatic rings. The van der Waals surface area contributed by atoms with Crippen molar-refractivity contribution in [2.24, 2.45) is 5.73 Å². The third-order valence-electron chi connectivity index (χ3n) is 2.44. The molecule has 0 aromatic heterocycles. The highest BCUT2D eigenvalue weighted by atomic mass is 16.5. The van der Waals surface area contributed by atoms with Gasteiger partial charge in [0.05, 0.1) is 13.0 Å². The van der Waals surface area contributed by atoms with E-state index in [2.05, 4.69) is 4.74 Å². The van der Waals surface area contributed by atoms with Crippen molar-refractivity contribution in [3.8, 4) is 0 Å². The van der Waals surface area contributed by atoms with Gasteiger partial charge >= 0.3 is 11.9 Å². The number of aliphatic carboxylic acids is 1. The quantitative estimate of drug-likeness (QED) is 0.205. The second-order valence-electron chi connectivity index (χ2n) is 4.13. The maximum Gasteiger partial charge on any atom is 0.321 e. The lowest BCUT2D eigenvalue weighted by molar-refractivity contribution is -0.158. The Morgan fingerprint density at radius 2 is 1.55 bits per heavy atom. The molecule has 0 fully saturated rings. The van der Waals surface area contributed by atoms with E-state index in [0.717, 1.165) is 0 Å². The number of hydrogen-bond donors (Lipinski definition) is 7. The average Bonchev–Trinajstić information content (AvgIpc) is 2.41. The van der Waals surface area contributed by atoms with Crippen LogP contribution in [0.15, 0.2) is 0 Å². The summed E-state index contributed by atoms with van der Waals surface area (Å²) in [7, 11) is 0. The number of ether oxygens (including phenoxy) is 1.